The molecule has 25 heavy (non-hydrogen) atoms. The van der Waals surface area contributed by atoms with Gasteiger partial charge in [-0.3, -0.25) is 0 Å². The van der Waals surface area contributed by atoms with Gasteiger partial charge in [-0.2, -0.15) is 0 Å². The Morgan fingerprint density at radius 1 is 0.760 bits per heavy atom. The van der Waals surface area contributed by atoms with Crippen molar-refractivity contribution in [2.75, 3.05) is 12.3 Å². The van der Waals surface area contributed by atoms with Crippen molar-refractivity contribution in [2.45, 2.75) is 51.4 Å². The Morgan fingerprint density at radius 2 is 1.28 bits per heavy atom. The van der Waals surface area contributed by atoms with Crippen LogP contribution >= 0.6 is 15.8 Å². The summed E-state index contributed by atoms with van der Waals surface area (Å²) >= 11 is 0. The minimum absolute atomic E-state index is 0.161. The van der Waals surface area contributed by atoms with E-state index in [4.69, 9.17) is 0 Å². The number of rotatable bonds is 7. The highest BCUT2D eigenvalue weighted by atomic mass is 31.1. The molecule has 1 fully saturated rings. The average molecular weight is 370 g/mol. The third-order valence-corrected chi connectivity index (χ3v) is 12.3. The maximum atomic E-state index is 2.44. The zero-order valence-corrected chi connectivity index (χ0v) is 17.7. The van der Waals surface area contributed by atoms with E-state index in [2.05, 4.69) is 81.4 Å². The fourth-order valence-electron chi connectivity index (χ4n) is 4.66. The van der Waals surface area contributed by atoms with Crippen LogP contribution in [-0.2, 0) is 0 Å². The fourth-order valence-corrected chi connectivity index (χ4v) is 11.5. The molecule has 3 atom stereocenters. The van der Waals surface area contributed by atoms with Gasteiger partial charge in [-0.1, -0.05) is 87.9 Å². The maximum absolute atomic E-state index is 2.44. The Labute approximate surface area is 156 Å². The lowest BCUT2D eigenvalue weighted by molar-refractivity contribution is 0.537. The predicted molar refractivity (Wildman–Crippen MR) is 118 cm³/mol. The molecular weight excluding hydrogens is 338 g/mol. The van der Waals surface area contributed by atoms with E-state index >= 15 is 0 Å². The zero-order valence-electron chi connectivity index (χ0n) is 15.9. The first kappa shape index (κ1) is 19.1. The molecule has 134 valence electrons. The van der Waals surface area contributed by atoms with Gasteiger partial charge in [0.05, 0.1) is 0 Å². The van der Waals surface area contributed by atoms with Crippen LogP contribution in [0, 0.1) is 5.92 Å². The Morgan fingerprint density at radius 3 is 1.72 bits per heavy atom. The van der Waals surface area contributed by atoms with E-state index in [1.807, 2.05) is 0 Å². The van der Waals surface area contributed by atoms with Crippen molar-refractivity contribution in [1.29, 1.82) is 0 Å². The minimum Gasteiger partial charge on any atom is -0.103 e. The van der Waals surface area contributed by atoms with E-state index < -0.39 is 0 Å². The van der Waals surface area contributed by atoms with Crippen molar-refractivity contribution in [3.63, 3.8) is 0 Å². The van der Waals surface area contributed by atoms with Crippen LogP contribution in [0.15, 0.2) is 60.7 Å². The van der Waals surface area contributed by atoms with Crippen molar-refractivity contribution >= 4 is 26.5 Å². The summed E-state index contributed by atoms with van der Waals surface area (Å²) in [5.41, 5.74) is 1.83. The van der Waals surface area contributed by atoms with Crippen LogP contribution in [0.2, 0.25) is 0 Å². The van der Waals surface area contributed by atoms with Gasteiger partial charge in [0.25, 0.3) is 0 Å². The summed E-state index contributed by atoms with van der Waals surface area (Å²) in [5.74, 6) is 0.952. The molecule has 2 heteroatoms. The molecular formula is C23H32P2. The first-order chi connectivity index (χ1) is 12.3. The van der Waals surface area contributed by atoms with Gasteiger partial charge in [0.1, 0.15) is 0 Å². The van der Waals surface area contributed by atoms with Crippen LogP contribution < -0.4 is 10.6 Å². The van der Waals surface area contributed by atoms with Crippen LogP contribution in [0.5, 0.6) is 0 Å². The molecule has 0 aromatic heterocycles. The summed E-state index contributed by atoms with van der Waals surface area (Å²) in [6.07, 6.45) is 7.04. The molecule has 0 amide bonds. The average Bonchev–Trinajstić information content (AvgIpc) is 3.08. The molecule has 0 spiro atoms. The molecule has 0 N–H and O–H groups in total. The van der Waals surface area contributed by atoms with Gasteiger partial charge in [0.15, 0.2) is 0 Å². The largest absolute Gasteiger partial charge is 0.103 e. The highest BCUT2D eigenvalue weighted by molar-refractivity contribution is 7.74. The third-order valence-electron chi connectivity index (χ3n) is 5.87. The molecule has 2 aromatic rings. The van der Waals surface area contributed by atoms with E-state index in [0.717, 1.165) is 17.2 Å². The topological polar surface area (TPSA) is 0 Å². The fraction of sp³-hybridized carbons (Fsp3) is 0.478. The van der Waals surface area contributed by atoms with Crippen molar-refractivity contribution < 1.29 is 0 Å². The van der Waals surface area contributed by atoms with E-state index in [0.29, 0.717) is 0 Å². The third kappa shape index (κ3) is 4.18. The van der Waals surface area contributed by atoms with Gasteiger partial charge in [-0.05, 0) is 60.9 Å². The molecule has 0 nitrogen and oxygen atoms in total. The number of benzene rings is 2. The van der Waals surface area contributed by atoms with E-state index in [-0.39, 0.29) is 15.8 Å². The summed E-state index contributed by atoms with van der Waals surface area (Å²) < 4.78 is 0. The van der Waals surface area contributed by atoms with E-state index in [1.54, 1.807) is 10.6 Å². The SMILES string of the molecule is CCC1CCC(P(c2ccccc2)c2ccccc2)C1P(CC)CC. The highest BCUT2D eigenvalue weighted by Crippen LogP contribution is 2.60. The summed E-state index contributed by atoms with van der Waals surface area (Å²) in [5, 5.41) is 3.16. The van der Waals surface area contributed by atoms with Crippen LogP contribution in [0.4, 0.5) is 0 Å². The highest BCUT2D eigenvalue weighted by Gasteiger charge is 2.43. The summed E-state index contributed by atoms with van der Waals surface area (Å²) in [4.78, 5) is 0. The van der Waals surface area contributed by atoms with Gasteiger partial charge in [-0.25, -0.2) is 0 Å². The first-order valence-electron chi connectivity index (χ1n) is 9.93. The minimum atomic E-state index is -0.251. The second-order valence-corrected chi connectivity index (χ2v) is 12.5. The molecule has 0 radical (unpaired) electrons. The number of hydrogen-bond acceptors (Lipinski definition) is 0. The lowest BCUT2D eigenvalue weighted by Gasteiger charge is -2.37. The standard InChI is InChI=1S/C23H32P2/c1-4-19-17-18-22(23(19)24(5-2)6-3)25(20-13-9-7-10-14-20)21-15-11-8-12-16-21/h7-16,19,22-23H,4-6,17-18H2,1-3H3. The predicted octanol–water partition coefficient (Wildman–Crippen LogP) is 6.20. The quantitative estimate of drug-likeness (QED) is 0.509. The summed E-state index contributed by atoms with van der Waals surface area (Å²) in [7, 11) is -0.0901. The van der Waals surface area contributed by atoms with Gasteiger partial charge in [0, 0.05) is 0 Å². The van der Waals surface area contributed by atoms with Gasteiger partial charge in [-0.15, -0.1) is 7.92 Å². The van der Waals surface area contributed by atoms with Crippen LogP contribution in [0.25, 0.3) is 0 Å². The van der Waals surface area contributed by atoms with E-state index in [9.17, 15) is 0 Å². The normalized spacial score (nSPS) is 23.5. The van der Waals surface area contributed by atoms with Crippen LogP contribution in [0.3, 0.4) is 0 Å². The molecule has 0 heterocycles. The Kier molecular flexibility index (Phi) is 7.09. The first-order valence-corrected chi connectivity index (χ1v) is 13.1. The van der Waals surface area contributed by atoms with Gasteiger partial charge < -0.3 is 0 Å². The molecule has 0 bridgehead atoms. The molecule has 2 aromatic carbocycles. The monoisotopic (exact) mass is 370 g/mol. The van der Waals surface area contributed by atoms with E-state index in [1.165, 1.54) is 31.6 Å². The second kappa shape index (κ2) is 9.30. The summed E-state index contributed by atoms with van der Waals surface area (Å²) in [6, 6.07) is 22.8. The van der Waals surface area contributed by atoms with Crippen molar-refractivity contribution in [3.05, 3.63) is 60.7 Å². The Hall–Kier alpha value is -0.700. The Bertz CT molecular complexity index is 582. The van der Waals surface area contributed by atoms with Crippen molar-refractivity contribution in [2.24, 2.45) is 5.92 Å². The zero-order chi connectivity index (χ0) is 17.6. The van der Waals surface area contributed by atoms with Crippen molar-refractivity contribution in [3.8, 4) is 0 Å². The Balaban J connectivity index is 2.03. The molecule has 0 saturated heterocycles. The molecule has 3 unspecified atom stereocenters. The van der Waals surface area contributed by atoms with Gasteiger partial charge in [0.2, 0.25) is 0 Å². The van der Waals surface area contributed by atoms with Crippen molar-refractivity contribution in [1.82, 2.24) is 0 Å². The lowest BCUT2D eigenvalue weighted by Crippen LogP contribution is -2.30. The van der Waals surface area contributed by atoms with Gasteiger partial charge >= 0.3 is 0 Å². The van der Waals surface area contributed by atoms with Crippen LogP contribution in [0.1, 0.15) is 40.0 Å². The molecule has 3 rings (SSSR count). The number of hydrogen-bond donors (Lipinski definition) is 0. The molecule has 1 aliphatic rings. The molecule has 1 aliphatic carbocycles. The maximum Gasteiger partial charge on any atom is -0.00584 e. The molecule has 1 saturated carbocycles. The second-order valence-electron chi connectivity index (χ2n) is 7.07. The molecule has 0 aliphatic heterocycles. The smallest absolute Gasteiger partial charge is 0.00584 e. The lowest BCUT2D eigenvalue weighted by atomic mass is 10.1. The summed E-state index contributed by atoms with van der Waals surface area (Å²) in [6.45, 7) is 7.29. The van der Waals surface area contributed by atoms with Crippen LogP contribution in [-0.4, -0.2) is 23.6 Å².